The highest BCUT2D eigenvalue weighted by molar-refractivity contribution is 7.99. The van der Waals surface area contributed by atoms with Crippen molar-refractivity contribution in [3.63, 3.8) is 0 Å². The number of nitrogens with zero attached hydrogens (tertiary/aromatic N) is 3. The lowest BCUT2D eigenvalue weighted by Crippen LogP contribution is -2.31. The molecule has 2 aromatic carbocycles. The molecule has 134 valence electrons. The van der Waals surface area contributed by atoms with Gasteiger partial charge in [-0.25, -0.2) is 14.4 Å². The van der Waals surface area contributed by atoms with E-state index in [1.54, 1.807) is 11.0 Å². The molecular weight excluding hydrogens is 349 g/mol. The van der Waals surface area contributed by atoms with Gasteiger partial charge in [0.2, 0.25) is 5.91 Å². The molecule has 1 amide bonds. The Morgan fingerprint density at radius 2 is 1.85 bits per heavy atom. The summed E-state index contributed by atoms with van der Waals surface area (Å²) >= 11 is 1.39. The molecular formula is C20H20FN3OS. The number of thioether (sulfide) groups is 1. The van der Waals surface area contributed by atoms with E-state index >= 15 is 0 Å². The molecule has 0 aliphatic rings. The topological polar surface area (TPSA) is 46.1 Å². The van der Waals surface area contributed by atoms with Crippen LogP contribution < -0.4 is 0 Å². The predicted octanol–water partition coefficient (Wildman–Crippen LogP) is 4.22. The molecule has 0 saturated carbocycles. The lowest BCUT2D eigenvalue weighted by Gasteiger charge is -2.21. The zero-order chi connectivity index (χ0) is 18.5. The summed E-state index contributed by atoms with van der Waals surface area (Å²) in [5.41, 5.74) is 3.27. The fraction of sp³-hybridized carbons (Fsp3) is 0.250. The largest absolute Gasteiger partial charge is 0.338 e. The Kier molecular flexibility index (Phi) is 5.83. The number of para-hydroxylation sites is 2. The van der Waals surface area contributed by atoms with Crippen molar-refractivity contribution in [2.24, 2.45) is 0 Å². The van der Waals surface area contributed by atoms with Crippen LogP contribution in [-0.2, 0) is 11.3 Å². The number of carbonyl (C=O) groups excluding carboxylic acids is 1. The van der Waals surface area contributed by atoms with Gasteiger partial charge in [-0.05, 0) is 43.7 Å². The van der Waals surface area contributed by atoms with Gasteiger partial charge in [-0.15, -0.1) is 0 Å². The van der Waals surface area contributed by atoms with Gasteiger partial charge in [0.15, 0.2) is 0 Å². The quantitative estimate of drug-likeness (QED) is 0.611. The van der Waals surface area contributed by atoms with Crippen LogP contribution in [0.15, 0.2) is 53.6 Å². The van der Waals surface area contributed by atoms with Crippen molar-refractivity contribution in [3.05, 3.63) is 65.6 Å². The number of hydrogen-bond acceptors (Lipinski definition) is 4. The third kappa shape index (κ3) is 4.38. The summed E-state index contributed by atoms with van der Waals surface area (Å²) in [5, 5.41) is 0.763. The van der Waals surface area contributed by atoms with Crippen LogP contribution in [0.3, 0.4) is 0 Å². The molecule has 0 spiro atoms. The van der Waals surface area contributed by atoms with Crippen LogP contribution in [0.25, 0.3) is 11.0 Å². The molecule has 0 unspecified atom stereocenters. The highest BCUT2D eigenvalue weighted by Crippen LogP contribution is 2.22. The Hall–Kier alpha value is -2.47. The third-order valence-corrected chi connectivity index (χ3v) is 5.08. The van der Waals surface area contributed by atoms with Crippen molar-refractivity contribution in [2.45, 2.75) is 25.4 Å². The van der Waals surface area contributed by atoms with E-state index in [1.165, 1.54) is 23.9 Å². The minimum absolute atomic E-state index is 0.00359. The first-order chi connectivity index (χ1) is 12.6. The molecule has 0 radical (unpaired) electrons. The molecule has 26 heavy (non-hydrogen) atoms. The van der Waals surface area contributed by atoms with Crippen molar-refractivity contribution in [1.82, 2.24) is 14.9 Å². The summed E-state index contributed by atoms with van der Waals surface area (Å²) in [6.07, 6.45) is 0. The third-order valence-electron chi connectivity index (χ3n) is 4.03. The van der Waals surface area contributed by atoms with Gasteiger partial charge in [0.05, 0.1) is 22.5 Å². The second kappa shape index (κ2) is 8.27. The normalized spacial score (nSPS) is 10.9. The van der Waals surface area contributed by atoms with E-state index in [1.807, 2.05) is 44.2 Å². The van der Waals surface area contributed by atoms with Crippen LogP contribution >= 0.6 is 11.8 Å². The van der Waals surface area contributed by atoms with Crippen LogP contribution in [0.1, 0.15) is 18.2 Å². The van der Waals surface area contributed by atoms with Crippen LogP contribution in [0.4, 0.5) is 4.39 Å². The highest BCUT2D eigenvalue weighted by Gasteiger charge is 2.15. The Morgan fingerprint density at radius 3 is 2.54 bits per heavy atom. The number of hydrogen-bond donors (Lipinski definition) is 0. The average Bonchev–Trinajstić information content (AvgIpc) is 2.64. The van der Waals surface area contributed by atoms with Crippen LogP contribution in [0.2, 0.25) is 0 Å². The first kappa shape index (κ1) is 18.3. The number of fused-ring (bicyclic) bond motifs is 1. The van der Waals surface area contributed by atoms with Crippen LogP contribution in [0, 0.1) is 12.7 Å². The van der Waals surface area contributed by atoms with E-state index in [0.29, 0.717) is 13.1 Å². The maximum absolute atomic E-state index is 13.3. The van der Waals surface area contributed by atoms with Gasteiger partial charge in [-0.1, -0.05) is 36.0 Å². The number of benzene rings is 2. The minimum Gasteiger partial charge on any atom is -0.338 e. The van der Waals surface area contributed by atoms with E-state index < -0.39 is 0 Å². The van der Waals surface area contributed by atoms with Gasteiger partial charge in [-0.2, -0.15) is 0 Å². The fourth-order valence-electron chi connectivity index (χ4n) is 2.66. The number of carbonyl (C=O) groups is 1. The number of rotatable bonds is 6. The van der Waals surface area contributed by atoms with Crippen molar-refractivity contribution in [1.29, 1.82) is 0 Å². The summed E-state index contributed by atoms with van der Waals surface area (Å²) < 4.78 is 13.3. The number of aromatic nitrogens is 2. The van der Waals surface area contributed by atoms with E-state index in [9.17, 15) is 9.18 Å². The Balaban J connectivity index is 1.68. The Labute approximate surface area is 156 Å². The maximum Gasteiger partial charge on any atom is 0.233 e. The molecule has 1 heterocycles. The van der Waals surface area contributed by atoms with Gasteiger partial charge in [0, 0.05) is 13.1 Å². The van der Waals surface area contributed by atoms with E-state index in [4.69, 9.17) is 0 Å². The summed E-state index contributed by atoms with van der Waals surface area (Å²) in [6, 6.07) is 14.0. The van der Waals surface area contributed by atoms with Crippen LogP contribution in [0.5, 0.6) is 0 Å². The Bertz CT molecular complexity index is 932. The lowest BCUT2D eigenvalue weighted by molar-refractivity contribution is -0.128. The second-order valence-electron chi connectivity index (χ2n) is 5.93. The number of aryl methyl sites for hydroxylation is 1. The minimum atomic E-state index is -0.289. The molecule has 3 rings (SSSR count). The number of halogens is 1. The summed E-state index contributed by atoms with van der Waals surface area (Å²) in [4.78, 5) is 23.4. The zero-order valence-electron chi connectivity index (χ0n) is 14.8. The molecule has 0 aliphatic heterocycles. The Morgan fingerprint density at radius 1 is 1.12 bits per heavy atom. The molecule has 0 bridgehead atoms. The zero-order valence-corrected chi connectivity index (χ0v) is 15.6. The molecule has 3 aromatic rings. The number of amides is 1. The monoisotopic (exact) mass is 369 g/mol. The summed E-state index contributed by atoms with van der Waals surface area (Å²) in [7, 11) is 0. The van der Waals surface area contributed by atoms with Crippen molar-refractivity contribution in [3.8, 4) is 0 Å². The molecule has 0 atom stereocenters. The van der Waals surface area contributed by atoms with Crippen molar-refractivity contribution < 1.29 is 9.18 Å². The lowest BCUT2D eigenvalue weighted by atomic mass is 10.2. The van der Waals surface area contributed by atoms with Crippen molar-refractivity contribution in [2.75, 3.05) is 12.3 Å². The van der Waals surface area contributed by atoms with Gasteiger partial charge in [0.1, 0.15) is 10.8 Å². The molecule has 0 fully saturated rings. The molecule has 0 saturated heterocycles. The first-order valence-corrected chi connectivity index (χ1v) is 9.43. The highest BCUT2D eigenvalue weighted by atomic mass is 32.2. The maximum atomic E-state index is 13.3. The molecule has 0 N–H and O–H groups in total. The SMILES string of the molecule is CCN(Cc1cccc(F)c1)C(=O)CSc1nc2ccccc2nc1C. The van der Waals surface area contributed by atoms with Gasteiger partial charge >= 0.3 is 0 Å². The molecule has 0 aliphatic carbocycles. The second-order valence-corrected chi connectivity index (χ2v) is 6.89. The molecule has 4 nitrogen and oxygen atoms in total. The van der Waals surface area contributed by atoms with E-state index in [0.717, 1.165) is 27.3 Å². The van der Waals surface area contributed by atoms with E-state index in [2.05, 4.69) is 9.97 Å². The summed E-state index contributed by atoms with van der Waals surface area (Å²) in [6.45, 7) is 4.79. The molecule has 6 heteroatoms. The standard InChI is InChI=1S/C20H20FN3OS/c1-3-24(12-15-7-6-8-16(21)11-15)19(25)13-26-20-14(2)22-17-9-4-5-10-18(17)23-20/h4-11H,3,12-13H2,1-2H3. The fourth-order valence-corrected chi connectivity index (χ4v) is 3.52. The predicted molar refractivity (Wildman–Crippen MR) is 102 cm³/mol. The van der Waals surface area contributed by atoms with Crippen molar-refractivity contribution >= 4 is 28.7 Å². The smallest absolute Gasteiger partial charge is 0.233 e. The summed E-state index contributed by atoms with van der Waals surface area (Å²) in [5.74, 6) is -0.0182. The van der Waals surface area contributed by atoms with Gasteiger partial charge in [-0.3, -0.25) is 4.79 Å². The van der Waals surface area contributed by atoms with Gasteiger partial charge < -0.3 is 4.90 Å². The van der Waals surface area contributed by atoms with Gasteiger partial charge in [0.25, 0.3) is 0 Å². The van der Waals surface area contributed by atoms with Crippen LogP contribution in [-0.4, -0.2) is 33.1 Å². The average molecular weight is 369 g/mol. The molecule has 1 aromatic heterocycles. The first-order valence-electron chi connectivity index (χ1n) is 8.45. The van der Waals surface area contributed by atoms with E-state index in [-0.39, 0.29) is 17.5 Å².